The van der Waals surface area contributed by atoms with Crippen LogP contribution in [0.1, 0.15) is 73.1 Å². The van der Waals surface area contributed by atoms with E-state index in [0.717, 1.165) is 12.8 Å². The van der Waals surface area contributed by atoms with Crippen molar-refractivity contribution in [3.05, 3.63) is 0 Å². The van der Waals surface area contributed by atoms with E-state index < -0.39 is 42.1 Å². The molecule has 0 spiro atoms. The molecule has 2 heterocycles. The van der Waals surface area contributed by atoms with E-state index >= 15 is 0 Å². The van der Waals surface area contributed by atoms with Gasteiger partial charge in [-0.15, -0.1) is 0 Å². The van der Waals surface area contributed by atoms with Crippen LogP contribution in [0.5, 0.6) is 0 Å². The molecule has 4 rings (SSSR count). The molecule has 4 aliphatic rings. The third-order valence-electron chi connectivity index (χ3n) is 7.28. The van der Waals surface area contributed by atoms with Crippen molar-refractivity contribution in [3.63, 3.8) is 0 Å². The molecule has 0 N–H and O–H groups in total. The van der Waals surface area contributed by atoms with Crippen LogP contribution in [0.3, 0.4) is 0 Å². The van der Waals surface area contributed by atoms with Gasteiger partial charge in [-0.05, 0) is 50.4 Å². The van der Waals surface area contributed by atoms with Crippen LogP contribution in [0.4, 0.5) is 0 Å². The van der Waals surface area contributed by atoms with Crippen LogP contribution in [0.15, 0.2) is 0 Å². The predicted molar refractivity (Wildman–Crippen MR) is 113 cm³/mol. The third-order valence-corrected chi connectivity index (χ3v) is 7.28. The van der Waals surface area contributed by atoms with E-state index in [4.69, 9.17) is 18.9 Å². The molecule has 2 aliphatic heterocycles. The van der Waals surface area contributed by atoms with Crippen LogP contribution in [-0.4, -0.2) is 48.8 Å². The molecule has 4 bridgehead atoms. The first-order valence-corrected chi connectivity index (χ1v) is 11.7. The van der Waals surface area contributed by atoms with Crippen molar-refractivity contribution in [2.75, 3.05) is 13.2 Å². The standard InChI is InChI=1S/C24H36O8/c1-14(2)8-23(5,15(3)4)22(28)30-12-19(25)29-13-20(26)32-24-9-16-6-17(10-24)21(27)31-18(7-16)11-24/h14-18H,6-13H2,1-5H3. The summed E-state index contributed by atoms with van der Waals surface area (Å²) >= 11 is 0. The Balaban J connectivity index is 1.47. The molecule has 0 aromatic carbocycles. The number of carbonyl (C=O) groups excluding carboxylic acids is 4. The second-order valence-corrected chi connectivity index (χ2v) is 10.8. The summed E-state index contributed by atoms with van der Waals surface area (Å²) in [5, 5.41) is 0. The first-order chi connectivity index (χ1) is 14.9. The molecular weight excluding hydrogens is 416 g/mol. The van der Waals surface area contributed by atoms with Gasteiger partial charge in [-0.25, -0.2) is 9.59 Å². The van der Waals surface area contributed by atoms with Gasteiger partial charge in [-0.1, -0.05) is 27.7 Å². The lowest BCUT2D eigenvalue weighted by Gasteiger charge is -2.45. The van der Waals surface area contributed by atoms with Crippen molar-refractivity contribution in [3.8, 4) is 0 Å². The topological polar surface area (TPSA) is 105 Å². The van der Waals surface area contributed by atoms with Crippen molar-refractivity contribution in [2.24, 2.45) is 29.1 Å². The molecular formula is C24H36O8. The summed E-state index contributed by atoms with van der Waals surface area (Å²) in [7, 11) is 0. The summed E-state index contributed by atoms with van der Waals surface area (Å²) in [4.78, 5) is 49.2. The molecule has 0 radical (unpaired) electrons. The first-order valence-electron chi connectivity index (χ1n) is 11.7. The molecule has 0 amide bonds. The Labute approximate surface area is 189 Å². The molecule has 2 saturated heterocycles. The van der Waals surface area contributed by atoms with Crippen LogP contribution in [0, 0.1) is 29.1 Å². The van der Waals surface area contributed by atoms with E-state index in [2.05, 4.69) is 0 Å². The number of ether oxygens (including phenoxy) is 4. The number of carbonyl (C=O) groups is 4. The van der Waals surface area contributed by atoms with E-state index in [1.54, 1.807) is 0 Å². The number of rotatable bonds is 9. The minimum Gasteiger partial charge on any atom is -0.462 e. The van der Waals surface area contributed by atoms with Crippen LogP contribution >= 0.6 is 0 Å². The van der Waals surface area contributed by atoms with E-state index in [-0.39, 0.29) is 23.9 Å². The Morgan fingerprint density at radius 3 is 2.38 bits per heavy atom. The van der Waals surface area contributed by atoms with Crippen LogP contribution in [0.2, 0.25) is 0 Å². The second-order valence-electron chi connectivity index (χ2n) is 10.8. The summed E-state index contributed by atoms with van der Waals surface area (Å²) in [6, 6.07) is 0. The highest BCUT2D eigenvalue weighted by Crippen LogP contribution is 2.51. The van der Waals surface area contributed by atoms with Crippen molar-refractivity contribution >= 4 is 23.9 Å². The highest BCUT2D eigenvalue weighted by molar-refractivity contribution is 5.82. The zero-order valence-electron chi connectivity index (χ0n) is 19.8. The summed E-state index contributed by atoms with van der Waals surface area (Å²) < 4.78 is 21.4. The Bertz CT molecular complexity index is 759. The Hall–Kier alpha value is -2.12. The van der Waals surface area contributed by atoms with Gasteiger partial charge in [0.15, 0.2) is 13.2 Å². The van der Waals surface area contributed by atoms with Gasteiger partial charge < -0.3 is 18.9 Å². The highest BCUT2D eigenvalue weighted by Gasteiger charge is 2.54. The average molecular weight is 453 g/mol. The molecule has 32 heavy (non-hydrogen) atoms. The summed E-state index contributed by atoms with van der Waals surface area (Å²) in [6.45, 7) is 8.69. The maximum atomic E-state index is 12.6. The average Bonchev–Trinajstić information content (AvgIpc) is 2.84. The molecule has 0 aromatic rings. The summed E-state index contributed by atoms with van der Waals surface area (Å²) in [6.07, 6.45) is 3.67. The zero-order valence-corrected chi connectivity index (χ0v) is 19.8. The second kappa shape index (κ2) is 9.40. The number of hydrogen-bond donors (Lipinski definition) is 0. The fourth-order valence-corrected chi connectivity index (χ4v) is 5.64. The van der Waals surface area contributed by atoms with Crippen molar-refractivity contribution in [1.82, 2.24) is 0 Å². The van der Waals surface area contributed by atoms with Gasteiger partial charge in [0, 0.05) is 12.8 Å². The fourth-order valence-electron chi connectivity index (χ4n) is 5.64. The van der Waals surface area contributed by atoms with Gasteiger partial charge in [0.2, 0.25) is 0 Å². The lowest BCUT2D eigenvalue weighted by Crippen LogP contribution is -2.48. The van der Waals surface area contributed by atoms with Gasteiger partial charge in [-0.2, -0.15) is 0 Å². The molecule has 5 atom stereocenters. The van der Waals surface area contributed by atoms with E-state index in [1.165, 1.54) is 0 Å². The van der Waals surface area contributed by atoms with E-state index in [0.29, 0.717) is 37.5 Å². The minimum absolute atomic E-state index is 0.0450. The van der Waals surface area contributed by atoms with Gasteiger partial charge in [0.25, 0.3) is 0 Å². The van der Waals surface area contributed by atoms with Crippen LogP contribution < -0.4 is 0 Å². The van der Waals surface area contributed by atoms with Gasteiger partial charge in [0.05, 0.1) is 11.3 Å². The Morgan fingerprint density at radius 2 is 1.72 bits per heavy atom. The SMILES string of the molecule is CC(C)CC(C)(C(=O)OCC(=O)OCC(=O)OC12CC3CC(C1)OC(=O)C(C3)C2)C(C)C. The highest BCUT2D eigenvalue weighted by atomic mass is 16.6. The first kappa shape index (κ1) is 24.5. The molecule has 2 aliphatic carbocycles. The van der Waals surface area contributed by atoms with Gasteiger partial charge >= 0.3 is 23.9 Å². The molecule has 8 heteroatoms. The lowest BCUT2D eigenvalue weighted by molar-refractivity contribution is -0.183. The molecule has 2 saturated carbocycles. The number of esters is 4. The van der Waals surface area contributed by atoms with E-state index in [9.17, 15) is 19.2 Å². The lowest BCUT2D eigenvalue weighted by atomic mass is 9.65. The summed E-state index contributed by atoms with van der Waals surface area (Å²) in [5.41, 5.74) is -1.43. The quantitative estimate of drug-likeness (QED) is 0.388. The smallest absolute Gasteiger partial charge is 0.344 e. The Morgan fingerprint density at radius 1 is 1.03 bits per heavy atom. The molecule has 0 aromatic heterocycles. The largest absolute Gasteiger partial charge is 0.462 e. The van der Waals surface area contributed by atoms with Gasteiger partial charge in [-0.3, -0.25) is 9.59 Å². The maximum Gasteiger partial charge on any atom is 0.344 e. The predicted octanol–water partition coefficient (Wildman–Crippen LogP) is 3.20. The number of fused-ring (bicyclic) bond motifs is 1. The van der Waals surface area contributed by atoms with Crippen molar-refractivity contribution < 1.29 is 38.1 Å². The van der Waals surface area contributed by atoms with Crippen molar-refractivity contribution in [1.29, 1.82) is 0 Å². The zero-order chi connectivity index (χ0) is 23.7. The molecule has 8 nitrogen and oxygen atoms in total. The maximum absolute atomic E-state index is 12.6. The van der Waals surface area contributed by atoms with Gasteiger partial charge in [0.1, 0.15) is 11.7 Å². The Kier molecular flexibility index (Phi) is 7.20. The molecule has 180 valence electrons. The molecule has 5 unspecified atom stereocenters. The fraction of sp³-hybridized carbons (Fsp3) is 0.833. The third kappa shape index (κ3) is 5.44. The van der Waals surface area contributed by atoms with E-state index in [1.807, 2.05) is 34.6 Å². The monoisotopic (exact) mass is 452 g/mol. The van der Waals surface area contributed by atoms with Crippen molar-refractivity contribution in [2.45, 2.75) is 84.8 Å². The van der Waals surface area contributed by atoms with Crippen LogP contribution in [0.25, 0.3) is 0 Å². The number of hydrogen-bond acceptors (Lipinski definition) is 8. The minimum atomic E-state index is -0.799. The van der Waals surface area contributed by atoms with Crippen LogP contribution in [-0.2, 0) is 38.1 Å². The summed E-state index contributed by atoms with van der Waals surface area (Å²) in [5.74, 6) is -1.70. The molecule has 4 fully saturated rings. The normalized spacial score (nSPS) is 30.5.